The van der Waals surface area contributed by atoms with Crippen LogP contribution in [-0.4, -0.2) is 65.4 Å². The summed E-state index contributed by atoms with van der Waals surface area (Å²) in [4.78, 5) is 34.6. The summed E-state index contributed by atoms with van der Waals surface area (Å²) in [6.45, 7) is 2.70. The SMILES string of the molecule is CN(C)C(=O)N1CCC[C@]2(CCN(Cc3ccncc3)C2=O)C1. The van der Waals surface area contributed by atoms with Crippen molar-refractivity contribution in [1.82, 2.24) is 19.7 Å². The molecule has 0 aliphatic carbocycles. The number of hydrogen-bond donors (Lipinski definition) is 0. The molecule has 0 radical (unpaired) electrons. The van der Waals surface area contributed by atoms with Gasteiger partial charge in [-0.15, -0.1) is 0 Å². The standard InChI is InChI=1S/C17H24N4O2/c1-19(2)16(23)21-10-3-6-17(13-21)7-11-20(15(17)22)12-14-4-8-18-9-5-14/h4-5,8-9H,3,6-7,10-13H2,1-2H3/t17-/m0/s1. The highest BCUT2D eigenvalue weighted by molar-refractivity contribution is 5.86. The van der Waals surface area contributed by atoms with E-state index < -0.39 is 0 Å². The van der Waals surface area contributed by atoms with Gasteiger partial charge in [0.2, 0.25) is 5.91 Å². The molecule has 3 amide bonds. The fraction of sp³-hybridized carbons (Fsp3) is 0.588. The summed E-state index contributed by atoms with van der Waals surface area (Å²) in [5.74, 6) is 0.200. The molecule has 2 aliphatic rings. The zero-order valence-electron chi connectivity index (χ0n) is 13.9. The topological polar surface area (TPSA) is 56.8 Å². The molecule has 0 bridgehead atoms. The quantitative estimate of drug-likeness (QED) is 0.832. The zero-order chi connectivity index (χ0) is 16.4. The average Bonchev–Trinajstić information content (AvgIpc) is 2.84. The molecular formula is C17H24N4O2. The number of pyridine rings is 1. The largest absolute Gasteiger partial charge is 0.338 e. The number of piperidine rings is 1. The summed E-state index contributed by atoms with van der Waals surface area (Å²) in [5.41, 5.74) is 0.721. The van der Waals surface area contributed by atoms with E-state index in [9.17, 15) is 9.59 Å². The van der Waals surface area contributed by atoms with Crippen LogP contribution >= 0.6 is 0 Å². The van der Waals surface area contributed by atoms with Gasteiger partial charge in [0.25, 0.3) is 0 Å². The molecular weight excluding hydrogens is 292 g/mol. The third-order valence-corrected chi connectivity index (χ3v) is 4.95. The van der Waals surface area contributed by atoms with E-state index in [1.807, 2.05) is 21.9 Å². The lowest BCUT2D eigenvalue weighted by molar-refractivity contribution is -0.138. The van der Waals surface area contributed by atoms with E-state index >= 15 is 0 Å². The molecule has 2 saturated heterocycles. The summed E-state index contributed by atoms with van der Waals surface area (Å²) >= 11 is 0. The van der Waals surface area contributed by atoms with Gasteiger partial charge in [-0.3, -0.25) is 9.78 Å². The van der Waals surface area contributed by atoms with Crippen LogP contribution in [0.15, 0.2) is 24.5 Å². The van der Waals surface area contributed by atoms with Crippen molar-refractivity contribution >= 4 is 11.9 Å². The number of carbonyl (C=O) groups excluding carboxylic acids is 2. The van der Waals surface area contributed by atoms with Crippen molar-refractivity contribution in [3.8, 4) is 0 Å². The van der Waals surface area contributed by atoms with Gasteiger partial charge in [0, 0.05) is 52.7 Å². The maximum atomic E-state index is 13.0. The maximum Gasteiger partial charge on any atom is 0.319 e. The van der Waals surface area contributed by atoms with Gasteiger partial charge in [-0.1, -0.05) is 0 Å². The third kappa shape index (κ3) is 3.02. The second-order valence-corrected chi connectivity index (χ2v) is 6.81. The van der Waals surface area contributed by atoms with Crippen molar-refractivity contribution in [2.45, 2.75) is 25.8 Å². The van der Waals surface area contributed by atoms with E-state index in [-0.39, 0.29) is 17.4 Å². The lowest BCUT2D eigenvalue weighted by Gasteiger charge is -2.39. The second kappa shape index (κ2) is 6.18. The number of amides is 3. The Balaban J connectivity index is 1.71. The second-order valence-electron chi connectivity index (χ2n) is 6.81. The first-order valence-corrected chi connectivity index (χ1v) is 8.16. The van der Waals surface area contributed by atoms with Crippen LogP contribution in [0.4, 0.5) is 4.79 Å². The van der Waals surface area contributed by atoms with Crippen molar-refractivity contribution in [3.05, 3.63) is 30.1 Å². The lowest BCUT2D eigenvalue weighted by atomic mass is 9.78. The van der Waals surface area contributed by atoms with Gasteiger partial charge >= 0.3 is 6.03 Å². The Hall–Kier alpha value is -2.11. The Morgan fingerprint density at radius 1 is 1.26 bits per heavy atom. The Labute approximate surface area is 137 Å². The van der Waals surface area contributed by atoms with Gasteiger partial charge in [0.05, 0.1) is 5.41 Å². The molecule has 1 aromatic rings. The molecule has 23 heavy (non-hydrogen) atoms. The molecule has 1 spiro atoms. The molecule has 2 fully saturated rings. The molecule has 124 valence electrons. The number of rotatable bonds is 2. The Kier molecular flexibility index (Phi) is 4.24. The molecule has 2 aliphatic heterocycles. The molecule has 0 saturated carbocycles. The monoisotopic (exact) mass is 316 g/mol. The van der Waals surface area contributed by atoms with Crippen LogP contribution < -0.4 is 0 Å². The van der Waals surface area contributed by atoms with E-state index in [1.54, 1.807) is 31.4 Å². The number of carbonyl (C=O) groups is 2. The van der Waals surface area contributed by atoms with E-state index in [0.717, 1.165) is 37.9 Å². The predicted octanol–water partition coefficient (Wildman–Crippen LogP) is 1.58. The Bertz CT molecular complexity index is 590. The summed E-state index contributed by atoms with van der Waals surface area (Å²) in [7, 11) is 3.52. The van der Waals surface area contributed by atoms with Crippen LogP contribution in [0.5, 0.6) is 0 Å². The van der Waals surface area contributed by atoms with Crippen LogP contribution in [0, 0.1) is 5.41 Å². The maximum absolute atomic E-state index is 13.0. The number of urea groups is 1. The normalized spacial score (nSPS) is 24.3. The van der Waals surface area contributed by atoms with Crippen LogP contribution in [0.3, 0.4) is 0 Å². The third-order valence-electron chi connectivity index (χ3n) is 4.95. The van der Waals surface area contributed by atoms with E-state index in [0.29, 0.717) is 13.1 Å². The minimum atomic E-state index is -0.378. The van der Waals surface area contributed by atoms with Crippen molar-refractivity contribution in [1.29, 1.82) is 0 Å². The van der Waals surface area contributed by atoms with Gasteiger partial charge in [-0.25, -0.2) is 4.79 Å². The number of likely N-dealkylation sites (tertiary alicyclic amines) is 2. The number of nitrogens with zero attached hydrogens (tertiary/aromatic N) is 4. The molecule has 6 nitrogen and oxygen atoms in total. The van der Waals surface area contributed by atoms with Gasteiger partial charge in [-0.2, -0.15) is 0 Å². The minimum Gasteiger partial charge on any atom is -0.338 e. The average molecular weight is 316 g/mol. The Morgan fingerprint density at radius 2 is 2.00 bits per heavy atom. The molecule has 0 aromatic carbocycles. The van der Waals surface area contributed by atoms with Crippen LogP contribution in [-0.2, 0) is 11.3 Å². The highest BCUT2D eigenvalue weighted by Gasteiger charge is 2.49. The molecule has 3 rings (SSSR count). The molecule has 0 unspecified atom stereocenters. The summed E-state index contributed by atoms with van der Waals surface area (Å²) in [6.07, 6.45) is 6.13. The first-order chi connectivity index (χ1) is 11.0. The van der Waals surface area contributed by atoms with E-state index in [4.69, 9.17) is 0 Å². The summed E-state index contributed by atoms with van der Waals surface area (Å²) < 4.78 is 0. The minimum absolute atomic E-state index is 0.00413. The van der Waals surface area contributed by atoms with Crippen molar-refractivity contribution < 1.29 is 9.59 Å². The van der Waals surface area contributed by atoms with Gasteiger partial charge < -0.3 is 14.7 Å². The molecule has 1 aromatic heterocycles. The molecule has 6 heteroatoms. The van der Waals surface area contributed by atoms with Crippen LogP contribution in [0.1, 0.15) is 24.8 Å². The van der Waals surface area contributed by atoms with E-state index in [2.05, 4.69) is 4.98 Å². The van der Waals surface area contributed by atoms with Gasteiger partial charge in [-0.05, 0) is 37.0 Å². The summed E-state index contributed by atoms with van der Waals surface area (Å²) in [6, 6.07) is 3.90. The van der Waals surface area contributed by atoms with Crippen molar-refractivity contribution in [2.24, 2.45) is 5.41 Å². The Morgan fingerprint density at radius 3 is 2.70 bits per heavy atom. The molecule has 1 atom stereocenters. The number of hydrogen-bond acceptors (Lipinski definition) is 3. The smallest absolute Gasteiger partial charge is 0.319 e. The first-order valence-electron chi connectivity index (χ1n) is 8.16. The fourth-order valence-electron chi connectivity index (χ4n) is 3.71. The lowest BCUT2D eigenvalue weighted by Crippen LogP contribution is -2.52. The number of aromatic nitrogens is 1. The fourth-order valence-corrected chi connectivity index (χ4v) is 3.71. The van der Waals surface area contributed by atoms with Crippen LogP contribution in [0.2, 0.25) is 0 Å². The predicted molar refractivity (Wildman–Crippen MR) is 86.6 cm³/mol. The zero-order valence-corrected chi connectivity index (χ0v) is 13.9. The highest BCUT2D eigenvalue weighted by atomic mass is 16.2. The first kappa shape index (κ1) is 15.8. The van der Waals surface area contributed by atoms with Crippen molar-refractivity contribution in [3.63, 3.8) is 0 Å². The van der Waals surface area contributed by atoms with Gasteiger partial charge in [0.15, 0.2) is 0 Å². The van der Waals surface area contributed by atoms with Gasteiger partial charge in [0.1, 0.15) is 0 Å². The molecule has 0 N–H and O–H groups in total. The van der Waals surface area contributed by atoms with E-state index in [1.165, 1.54) is 0 Å². The van der Waals surface area contributed by atoms with Crippen LogP contribution in [0.25, 0.3) is 0 Å². The summed E-state index contributed by atoms with van der Waals surface area (Å²) in [5, 5.41) is 0. The van der Waals surface area contributed by atoms with Crippen molar-refractivity contribution in [2.75, 3.05) is 33.7 Å². The molecule has 3 heterocycles. The highest BCUT2D eigenvalue weighted by Crippen LogP contribution is 2.40.